The van der Waals surface area contributed by atoms with Crippen LogP contribution in [-0.2, 0) is 22.5 Å². The van der Waals surface area contributed by atoms with Crippen molar-refractivity contribution in [2.75, 3.05) is 38.7 Å². The lowest BCUT2D eigenvalue weighted by atomic mass is 10.2. The van der Waals surface area contributed by atoms with Gasteiger partial charge < -0.3 is 19.3 Å². The molecule has 0 aliphatic carbocycles. The van der Waals surface area contributed by atoms with Crippen LogP contribution < -0.4 is 10.1 Å². The molecule has 0 radical (unpaired) electrons. The second-order valence-corrected chi connectivity index (χ2v) is 7.37. The van der Waals surface area contributed by atoms with Crippen LogP contribution in [0.1, 0.15) is 17.9 Å². The Balaban J connectivity index is 1.25. The number of rotatable bonds is 8. The van der Waals surface area contributed by atoms with Crippen molar-refractivity contribution < 1.29 is 18.8 Å². The summed E-state index contributed by atoms with van der Waals surface area (Å²) in [6, 6.07) is 15.4. The number of methoxy groups -OCH3 is 1. The highest BCUT2D eigenvalue weighted by molar-refractivity contribution is 5.90. The number of aryl methyl sites for hydroxylation is 1. The summed E-state index contributed by atoms with van der Waals surface area (Å²) >= 11 is 0. The minimum Gasteiger partial charge on any atom is -0.497 e. The fraction of sp³-hybridized carbons (Fsp3) is 0.348. The number of morpholine rings is 1. The van der Waals surface area contributed by atoms with Crippen LogP contribution in [0.15, 0.2) is 53.1 Å². The lowest BCUT2D eigenvalue weighted by Gasteiger charge is -2.26. The lowest BCUT2D eigenvalue weighted by Crippen LogP contribution is -2.35. The summed E-state index contributed by atoms with van der Waals surface area (Å²) in [5.74, 6) is 1.60. The summed E-state index contributed by atoms with van der Waals surface area (Å²) in [6.45, 7) is 4.37. The Morgan fingerprint density at radius 3 is 2.55 bits per heavy atom. The zero-order chi connectivity index (χ0) is 21.5. The van der Waals surface area contributed by atoms with E-state index < -0.39 is 0 Å². The van der Waals surface area contributed by atoms with Crippen molar-refractivity contribution in [3.05, 3.63) is 60.0 Å². The van der Waals surface area contributed by atoms with Gasteiger partial charge in [0, 0.05) is 43.7 Å². The molecule has 8 heteroatoms. The van der Waals surface area contributed by atoms with Gasteiger partial charge in [0.2, 0.25) is 17.6 Å². The molecule has 0 saturated carbocycles. The normalized spacial score (nSPS) is 14.4. The average molecular weight is 422 g/mol. The molecule has 1 aromatic heterocycles. The van der Waals surface area contributed by atoms with Crippen molar-refractivity contribution in [3.63, 3.8) is 0 Å². The maximum absolute atomic E-state index is 12.3. The number of anilines is 1. The monoisotopic (exact) mass is 422 g/mol. The number of hydrogen-bond donors (Lipinski definition) is 1. The molecule has 1 fully saturated rings. The van der Waals surface area contributed by atoms with E-state index in [9.17, 15) is 4.79 Å². The highest BCUT2D eigenvalue weighted by Gasteiger charge is 2.12. The molecule has 4 rings (SSSR count). The molecule has 0 spiro atoms. The van der Waals surface area contributed by atoms with Gasteiger partial charge in [-0.15, -0.1) is 0 Å². The average Bonchev–Trinajstić information content (AvgIpc) is 3.29. The van der Waals surface area contributed by atoms with E-state index in [0.717, 1.165) is 49.8 Å². The summed E-state index contributed by atoms with van der Waals surface area (Å²) in [5.41, 5.74) is 2.83. The van der Waals surface area contributed by atoms with Crippen molar-refractivity contribution >= 4 is 11.6 Å². The molecular formula is C23H26N4O4. The summed E-state index contributed by atoms with van der Waals surface area (Å²) in [7, 11) is 1.62. The van der Waals surface area contributed by atoms with Crippen molar-refractivity contribution in [1.82, 2.24) is 15.0 Å². The van der Waals surface area contributed by atoms with Crippen LogP contribution in [0.4, 0.5) is 5.69 Å². The Morgan fingerprint density at radius 2 is 1.84 bits per heavy atom. The smallest absolute Gasteiger partial charge is 0.227 e. The SMILES string of the molecule is COc1ccc(-c2noc(CCC(=O)Nc3ccc(CN4CCOCC4)cc3)n2)cc1. The van der Waals surface area contributed by atoms with Gasteiger partial charge in [0.15, 0.2) is 0 Å². The quantitative estimate of drug-likeness (QED) is 0.596. The van der Waals surface area contributed by atoms with E-state index in [0.29, 0.717) is 18.1 Å². The molecule has 0 bridgehead atoms. The number of amides is 1. The number of hydrogen-bond acceptors (Lipinski definition) is 7. The Morgan fingerprint density at radius 1 is 1.10 bits per heavy atom. The fourth-order valence-corrected chi connectivity index (χ4v) is 3.37. The Hall–Kier alpha value is -3.23. The van der Waals surface area contributed by atoms with Crippen molar-refractivity contribution in [3.8, 4) is 17.1 Å². The second kappa shape index (κ2) is 10.2. The number of nitrogens with zero attached hydrogens (tertiary/aromatic N) is 3. The molecule has 8 nitrogen and oxygen atoms in total. The van der Waals surface area contributed by atoms with Gasteiger partial charge in [0.25, 0.3) is 0 Å². The number of aromatic nitrogens is 2. The first kappa shape index (κ1) is 21.0. The number of carbonyl (C=O) groups is 1. The van der Waals surface area contributed by atoms with E-state index in [1.165, 1.54) is 5.56 Å². The predicted molar refractivity (Wildman–Crippen MR) is 116 cm³/mol. The molecule has 0 atom stereocenters. The van der Waals surface area contributed by atoms with Gasteiger partial charge in [-0.1, -0.05) is 17.3 Å². The van der Waals surface area contributed by atoms with Gasteiger partial charge in [0.1, 0.15) is 5.75 Å². The molecule has 31 heavy (non-hydrogen) atoms. The Bertz CT molecular complexity index is 980. The zero-order valence-corrected chi connectivity index (χ0v) is 17.5. The van der Waals surface area contributed by atoms with Gasteiger partial charge in [-0.2, -0.15) is 4.98 Å². The van der Waals surface area contributed by atoms with E-state index in [4.69, 9.17) is 14.0 Å². The van der Waals surface area contributed by atoms with Crippen LogP contribution in [0, 0.1) is 0 Å². The highest BCUT2D eigenvalue weighted by Crippen LogP contribution is 2.20. The third-order valence-electron chi connectivity index (χ3n) is 5.13. The van der Waals surface area contributed by atoms with Crippen molar-refractivity contribution in [2.45, 2.75) is 19.4 Å². The van der Waals surface area contributed by atoms with Crippen LogP contribution >= 0.6 is 0 Å². The third-order valence-corrected chi connectivity index (χ3v) is 5.13. The van der Waals surface area contributed by atoms with E-state index in [-0.39, 0.29) is 12.3 Å². The molecular weight excluding hydrogens is 396 g/mol. The maximum Gasteiger partial charge on any atom is 0.227 e. The van der Waals surface area contributed by atoms with Crippen LogP contribution in [0.2, 0.25) is 0 Å². The van der Waals surface area contributed by atoms with Crippen molar-refractivity contribution in [1.29, 1.82) is 0 Å². The molecule has 2 aromatic carbocycles. The minimum absolute atomic E-state index is 0.0925. The third kappa shape index (κ3) is 5.90. The first-order valence-corrected chi connectivity index (χ1v) is 10.4. The van der Waals surface area contributed by atoms with Gasteiger partial charge >= 0.3 is 0 Å². The topological polar surface area (TPSA) is 89.7 Å². The van der Waals surface area contributed by atoms with Gasteiger partial charge in [-0.05, 0) is 42.0 Å². The highest BCUT2D eigenvalue weighted by atomic mass is 16.5. The van der Waals surface area contributed by atoms with Crippen LogP contribution in [0.5, 0.6) is 5.75 Å². The Labute approximate surface area is 181 Å². The number of ether oxygens (including phenoxy) is 2. The molecule has 1 aliphatic heterocycles. The molecule has 1 aliphatic rings. The zero-order valence-electron chi connectivity index (χ0n) is 17.5. The van der Waals surface area contributed by atoms with E-state index in [1.54, 1.807) is 7.11 Å². The maximum atomic E-state index is 12.3. The molecule has 2 heterocycles. The van der Waals surface area contributed by atoms with E-state index in [1.807, 2.05) is 48.5 Å². The summed E-state index contributed by atoms with van der Waals surface area (Å²) < 4.78 is 15.8. The number of nitrogens with one attached hydrogen (secondary N) is 1. The number of benzene rings is 2. The van der Waals surface area contributed by atoms with Crippen molar-refractivity contribution in [2.24, 2.45) is 0 Å². The predicted octanol–water partition coefficient (Wildman–Crippen LogP) is 3.15. The summed E-state index contributed by atoms with van der Waals surface area (Å²) in [6.07, 6.45) is 0.643. The Kier molecular flexibility index (Phi) is 6.91. The summed E-state index contributed by atoms with van der Waals surface area (Å²) in [4.78, 5) is 19.0. The molecule has 0 unspecified atom stereocenters. The summed E-state index contributed by atoms with van der Waals surface area (Å²) in [5, 5.41) is 6.91. The minimum atomic E-state index is -0.0925. The molecule has 1 saturated heterocycles. The standard InChI is InChI=1S/C23H26N4O4/c1-29-20-8-4-18(5-9-20)23-25-22(31-26-23)11-10-21(28)24-19-6-2-17(3-7-19)16-27-12-14-30-15-13-27/h2-9H,10-16H2,1H3,(H,24,28). The fourth-order valence-electron chi connectivity index (χ4n) is 3.37. The van der Waals surface area contributed by atoms with Gasteiger partial charge in [0.05, 0.1) is 20.3 Å². The van der Waals surface area contributed by atoms with Crippen LogP contribution in [-0.4, -0.2) is 54.4 Å². The lowest BCUT2D eigenvalue weighted by molar-refractivity contribution is -0.116. The second-order valence-electron chi connectivity index (χ2n) is 7.37. The van der Waals surface area contributed by atoms with E-state index >= 15 is 0 Å². The largest absolute Gasteiger partial charge is 0.497 e. The number of carbonyl (C=O) groups excluding carboxylic acids is 1. The first-order chi connectivity index (χ1) is 15.2. The first-order valence-electron chi connectivity index (χ1n) is 10.4. The van der Waals surface area contributed by atoms with Crippen LogP contribution in [0.25, 0.3) is 11.4 Å². The van der Waals surface area contributed by atoms with Gasteiger partial charge in [-0.25, -0.2) is 0 Å². The van der Waals surface area contributed by atoms with Crippen LogP contribution in [0.3, 0.4) is 0 Å². The molecule has 162 valence electrons. The molecule has 1 amide bonds. The molecule has 1 N–H and O–H groups in total. The van der Waals surface area contributed by atoms with E-state index in [2.05, 4.69) is 20.4 Å². The van der Waals surface area contributed by atoms with Gasteiger partial charge in [-0.3, -0.25) is 9.69 Å². The molecule has 3 aromatic rings.